The summed E-state index contributed by atoms with van der Waals surface area (Å²) in [5.41, 5.74) is -1.29. The largest absolute Gasteiger partial charge is 0.417 e. The predicted octanol–water partition coefficient (Wildman–Crippen LogP) is 4.82. The Morgan fingerprint density at radius 2 is 1.78 bits per heavy atom. The van der Waals surface area contributed by atoms with E-state index in [4.69, 9.17) is 23.2 Å². The van der Waals surface area contributed by atoms with Crippen molar-refractivity contribution in [1.29, 1.82) is 0 Å². The van der Waals surface area contributed by atoms with Gasteiger partial charge in [0.2, 0.25) is 11.8 Å². The Hall–Kier alpha value is -2.89. The van der Waals surface area contributed by atoms with Crippen LogP contribution in [0.1, 0.15) is 12.5 Å². The topological polar surface area (TPSA) is 105 Å². The number of rotatable bonds is 7. The third-order valence-electron chi connectivity index (χ3n) is 4.41. The van der Waals surface area contributed by atoms with E-state index < -0.39 is 39.5 Å². The molecule has 0 heterocycles. The number of hydrogen-bond donors (Lipinski definition) is 2. The zero-order chi connectivity index (χ0) is 24.2. The molecule has 172 valence electrons. The highest BCUT2D eigenvalue weighted by atomic mass is 35.5. The molecule has 0 aromatic heterocycles. The molecule has 1 unspecified atom stereocenters. The molecule has 2 rings (SSSR count). The summed E-state index contributed by atoms with van der Waals surface area (Å²) in [5.74, 6) is -1.21. The van der Waals surface area contributed by atoms with Crippen LogP contribution in [0.3, 0.4) is 0 Å². The van der Waals surface area contributed by atoms with Crippen LogP contribution in [0.25, 0.3) is 0 Å². The maximum atomic E-state index is 12.9. The number of nitrogens with one attached hydrogen (secondary N) is 2. The minimum atomic E-state index is -4.68. The Bertz CT molecular complexity index is 1050. The lowest BCUT2D eigenvalue weighted by molar-refractivity contribution is -0.384. The molecule has 2 aromatic rings. The van der Waals surface area contributed by atoms with Crippen molar-refractivity contribution < 1.29 is 27.7 Å². The molecule has 0 saturated carbocycles. The zero-order valence-corrected chi connectivity index (χ0v) is 18.2. The highest BCUT2D eigenvalue weighted by Crippen LogP contribution is 2.36. The van der Waals surface area contributed by atoms with Gasteiger partial charge < -0.3 is 10.6 Å². The fourth-order valence-electron chi connectivity index (χ4n) is 2.54. The second kappa shape index (κ2) is 10.2. The molecule has 1 atom stereocenters. The van der Waals surface area contributed by atoms with Gasteiger partial charge in [0.1, 0.15) is 0 Å². The van der Waals surface area contributed by atoms with Crippen molar-refractivity contribution in [2.75, 3.05) is 24.2 Å². The van der Waals surface area contributed by atoms with Gasteiger partial charge in [0.25, 0.3) is 5.69 Å². The molecule has 0 aliphatic carbocycles. The van der Waals surface area contributed by atoms with Crippen molar-refractivity contribution in [1.82, 2.24) is 4.90 Å². The lowest BCUT2D eigenvalue weighted by atomic mass is 10.2. The Morgan fingerprint density at radius 3 is 2.34 bits per heavy atom. The number of nitro groups is 1. The Morgan fingerprint density at radius 1 is 1.12 bits per heavy atom. The van der Waals surface area contributed by atoms with Crippen molar-refractivity contribution >= 4 is 52.1 Å². The van der Waals surface area contributed by atoms with Crippen molar-refractivity contribution in [3.05, 3.63) is 62.1 Å². The molecule has 0 bridgehead atoms. The molecule has 0 spiro atoms. The van der Waals surface area contributed by atoms with Gasteiger partial charge in [0.15, 0.2) is 0 Å². The molecule has 13 heteroatoms. The number of halogens is 5. The zero-order valence-electron chi connectivity index (χ0n) is 16.7. The number of amides is 2. The van der Waals surface area contributed by atoms with E-state index >= 15 is 0 Å². The fourth-order valence-corrected chi connectivity index (χ4v) is 2.99. The number of carbonyl (C=O) groups excluding carboxylic acids is 2. The standard InChI is InChI=1S/C19H17Cl2F3N4O4/c1-10(18(30)26-16-6-4-12(28(31)32)8-15(16)21)27(2)9-17(29)25-11-3-5-14(20)13(7-11)19(22,23)24/h3-8,10H,9H2,1-2H3,(H,25,29)(H,26,30). The average molecular weight is 493 g/mol. The molecule has 2 N–H and O–H groups in total. The summed E-state index contributed by atoms with van der Waals surface area (Å²) in [7, 11) is 1.46. The van der Waals surface area contributed by atoms with Gasteiger partial charge >= 0.3 is 6.18 Å². The molecule has 2 aromatic carbocycles. The van der Waals surface area contributed by atoms with Crippen LogP contribution in [-0.4, -0.2) is 41.3 Å². The first-order chi connectivity index (χ1) is 14.8. The smallest absolute Gasteiger partial charge is 0.325 e. The number of non-ortho nitro benzene ring substituents is 1. The Labute approximate surface area is 190 Å². The van der Waals surface area contributed by atoms with Crippen molar-refractivity contribution in [3.63, 3.8) is 0 Å². The van der Waals surface area contributed by atoms with Crippen molar-refractivity contribution in [2.45, 2.75) is 19.1 Å². The van der Waals surface area contributed by atoms with Crippen molar-refractivity contribution in [2.24, 2.45) is 0 Å². The number of carbonyl (C=O) groups is 2. The van der Waals surface area contributed by atoms with Gasteiger partial charge in [-0.2, -0.15) is 13.2 Å². The minimum absolute atomic E-state index is 0.0386. The van der Waals surface area contributed by atoms with E-state index in [0.29, 0.717) is 6.07 Å². The average Bonchev–Trinajstić information content (AvgIpc) is 2.69. The number of nitrogens with zero attached hydrogens (tertiary/aromatic N) is 2. The van der Waals surface area contributed by atoms with Crippen LogP contribution in [0.5, 0.6) is 0 Å². The molecule has 0 saturated heterocycles. The summed E-state index contributed by atoms with van der Waals surface area (Å²) in [6, 6.07) is 5.65. The predicted molar refractivity (Wildman–Crippen MR) is 114 cm³/mol. The number of nitro benzene ring substituents is 1. The maximum Gasteiger partial charge on any atom is 0.417 e. The lowest BCUT2D eigenvalue weighted by Gasteiger charge is -2.23. The molecule has 8 nitrogen and oxygen atoms in total. The van der Waals surface area contributed by atoms with Crippen LogP contribution in [0.15, 0.2) is 36.4 Å². The lowest BCUT2D eigenvalue weighted by Crippen LogP contribution is -2.43. The van der Waals surface area contributed by atoms with Gasteiger partial charge in [-0.1, -0.05) is 23.2 Å². The van der Waals surface area contributed by atoms with Gasteiger partial charge in [-0.05, 0) is 38.2 Å². The highest BCUT2D eigenvalue weighted by Gasteiger charge is 2.33. The summed E-state index contributed by atoms with van der Waals surface area (Å²) < 4.78 is 38.8. The number of likely N-dealkylation sites (N-methyl/N-ethyl adjacent to an activating group) is 1. The van der Waals surface area contributed by atoms with Crippen LogP contribution in [0, 0.1) is 10.1 Å². The highest BCUT2D eigenvalue weighted by molar-refractivity contribution is 6.34. The van der Waals surface area contributed by atoms with E-state index in [0.717, 1.165) is 12.1 Å². The monoisotopic (exact) mass is 492 g/mol. The van der Waals surface area contributed by atoms with Gasteiger partial charge in [0.05, 0.1) is 38.8 Å². The van der Waals surface area contributed by atoms with E-state index in [-0.39, 0.29) is 28.6 Å². The quantitative estimate of drug-likeness (QED) is 0.425. The number of anilines is 2. The fraction of sp³-hybridized carbons (Fsp3) is 0.263. The molecule has 2 amide bonds. The minimum Gasteiger partial charge on any atom is -0.325 e. The molecule has 0 aliphatic heterocycles. The molecular weight excluding hydrogens is 476 g/mol. The van der Waals surface area contributed by atoms with Gasteiger partial charge in [0, 0.05) is 17.8 Å². The second-order valence-corrected chi connectivity index (χ2v) is 7.56. The Balaban J connectivity index is 2.00. The molecular formula is C19H17Cl2F3N4O4. The summed E-state index contributed by atoms with van der Waals surface area (Å²) >= 11 is 11.5. The normalized spacial score (nSPS) is 12.4. The van der Waals surface area contributed by atoms with E-state index in [2.05, 4.69) is 10.6 Å². The van der Waals surface area contributed by atoms with Crippen LogP contribution in [0.2, 0.25) is 10.0 Å². The number of hydrogen-bond acceptors (Lipinski definition) is 5. The summed E-state index contributed by atoms with van der Waals surface area (Å²) in [5, 5.41) is 15.0. The summed E-state index contributed by atoms with van der Waals surface area (Å²) in [4.78, 5) is 36.1. The van der Waals surface area contributed by atoms with Crippen molar-refractivity contribution in [3.8, 4) is 0 Å². The third kappa shape index (κ3) is 6.55. The van der Waals surface area contributed by atoms with Gasteiger partial charge in [-0.25, -0.2) is 0 Å². The first-order valence-corrected chi connectivity index (χ1v) is 9.67. The van der Waals surface area contributed by atoms with Crippen LogP contribution in [-0.2, 0) is 15.8 Å². The SMILES string of the molecule is CC(C(=O)Nc1ccc([N+](=O)[O-])cc1Cl)N(C)CC(=O)Nc1ccc(Cl)c(C(F)(F)F)c1. The van der Waals surface area contributed by atoms with E-state index in [9.17, 15) is 32.9 Å². The van der Waals surface area contributed by atoms with E-state index in [1.807, 2.05) is 0 Å². The molecule has 0 fully saturated rings. The first kappa shape index (κ1) is 25.4. The van der Waals surface area contributed by atoms with Gasteiger partial charge in [-0.15, -0.1) is 0 Å². The van der Waals surface area contributed by atoms with E-state index in [1.165, 1.54) is 37.1 Å². The third-order valence-corrected chi connectivity index (χ3v) is 5.05. The molecule has 0 aliphatic rings. The van der Waals surface area contributed by atoms with E-state index in [1.54, 1.807) is 0 Å². The number of benzene rings is 2. The summed E-state index contributed by atoms with van der Waals surface area (Å²) in [6.07, 6.45) is -4.68. The number of alkyl halides is 3. The first-order valence-electron chi connectivity index (χ1n) is 8.91. The maximum absolute atomic E-state index is 12.9. The van der Waals surface area contributed by atoms with Crippen LogP contribution < -0.4 is 10.6 Å². The summed E-state index contributed by atoms with van der Waals surface area (Å²) in [6.45, 7) is 1.18. The Kier molecular flexibility index (Phi) is 8.05. The van der Waals surface area contributed by atoms with Crippen LogP contribution >= 0.6 is 23.2 Å². The van der Waals surface area contributed by atoms with Crippen LogP contribution in [0.4, 0.5) is 30.2 Å². The molecule has 0 radical (unpaired) electrons. The molecule has 32 heavy (non-hydrogen) atoms. The second-order valence-electron chi connectivity index (χ2n) is 6.74. The van der Waals surface area contributed by atoms with Gasteiger partial charge in [-0.3, -0.25) is 24.6 Å².